The van der Waals surface area contributed by atoms with Crippen LogP contribution >= 0.6 is 15.9 Å². The smallest absolute Gasteiger partial charge is 0.323 e. The van der Waals surface area contributed by atoms with Gasteiger partial charge in [-0.2, -0.15) is 0 Å². The van der Waals surface area contributed by atoms with Crippen molar-refractivity contribution in [1.82, 2.24) is 4.90 Å². The number of benzene rings is 1. The van der Waals surface area contributed by atoms with Gasteiger partial charge in [0.25, 0.3) is 0 Å². The van der Waals surface area contributed by atoms with Crippen molar-refractivity contribution in [1.29, 1.82) is 0 Å². The third kappa shape index (κ3) is 2.56. The Morgan fingerprint density at radius 2 is 2.05 bits per heavy atom. The van der Waals surface area contributed by atoms with Gasteiger partial charge in [-0.1, -0.05) is 28.1 Å². The first-order valence-electron chi connectivity index (χ1n) is 6.74. The van der Waals surface area contributed by atoms with Crippen molar-refractivity contribution in [3.8, 4) is 0 Å². The molecule has 19 heavy (non-hydrogen) atoms. The lowest BCUT2D eigenvalue weighted by Gasteiger charge is -2.27. The molecule has 1 aliphatic heterocycles. The SMILES string of the molecule is CN(CC1(c2ccc(Br)cc2)CC1)[C@H]1CCOC1=O. The van der Waals surface area contributed by atoms with Gasteiger partial charge in [0.2, 0.25) is 0 Å². The van der Waals surface area contributed by atoms with Crippen LogP contribution < -0.4 is 0 Å². The highest BCUT2D eigenvalue weighted by atomic mass is 79.9. The highest BCUT2D eigenvalue weighted by Gasteiger charge is 2.46. The number of carbonyl (C=O) groups excluding carboxylic acids is 1. The van der Waals surface area contributed by atoms with E-state index >= 15 is 0 Å². The van der Waals surface area contributed by atoms with Crippen LogP contribution in [0.1, 0.15) is 24.8 Å². The number of likely N-dealkylation sites (N-methyl/N-ethyl adjacent to an activating group) is 1. The molecule has 1 heterocycles. The lowest BCUT2D eigenvalue weighted by atomic mass is 9.95. The Morgan fingerprint density at radius 1 is 1.37 bits per heavy atom. The summed E-state index contributed by atoms with van der Waals surface area (Å²) < 4.78 is 6.17. The molecule has 2 aliphatic rings. The predicted octanol–water partition coefficient (Wildman–Crippen LogP) is 2.73. The topological polar surface area (TPSA) is 29.5 Å². The molecule has 1 saturated heterocycles. The van der Waals surface area contributed by atoms with Gasteiger partial charge in [0.15, 0.2) is 0 Å². The first-order chi connectivity index (χ1) is 9.11. The van der Waals surface area contributed by atoms with E-state index in [9.17, 15) is 4.79 Å². The average Bonchev–Trinajstić information content (AvgIpc) is 3.03. The molecule has 1 aromatic carbocycles. The number of hydrogen-bond acceptors (Lipinski definition) is 3. The summed E-state index contributed by atoms with van der Waals surface area (Å²) in [5.74, 6) is -0.0610. The van der Waals surface area contributed by atoms with Gasteiger partial charge in [-0.3, -0.25) is 9.69 Å². The Bertz CT molecular complexity index is 481. The molecule has 0 radical (unpaired) electrons. The zero-order valence-corrected chi connectivity index (χ0v) is 12.6. The monoisotopic (exact) mass is 323 g/mol. The van der Waals surface area contributed by atoms with Crippen molar-refractivity contribution in [2.75, 3.05) is 20.2 Å². The summed E-state index contributed by atoms with van der Waals surface area (Å²) in [6.07, 6.45) is 3.24. The first kappa shape index (κ1) is 13.1. The molecule has 102 valence electrons. The van der Waals surface area contributed by atoms with E-state index in [0.29, 0.717) is 6.61 Å². The van der Waals surface area contributed by atoms with Crippen LogP contribution in [0, 0.1) is 0 Å². The van der Waals surface area contributed by atoms with E-state index in [1.807, 2.05) is 7.05 Å². The van der Waals surface area contributed by atoms with E-state index in [0.717, 1.165) is 17.4 Å². The molecule has 3 nitrogen and oxygen atoms in total. The molecule has 0 bridgehead atoms. The highest BCUT2D eigenvalue weighted by Crippen LogP contribution is 2.49. The largest absolute Gasteiger partial charge is 0.464 e. The molecule has 0 amide bonds. The molecular formula is C15H18BrNO2. The van der Waals surface area contributed by atoms with E-state index < -0.39 is 0 Å². The molecule has 0 spiro atoms. The fraction of sp³-hybridized carbons (Fsp3) is 0.533. The minimum absolute atomic E-state index is 0.0482. The summed E-state index contributed by atoms with van der Waals surface area (Å²) in [6.45, 7) is 1.51. The standard InChI is InChI=1S/C15H18BrNO2/c1-17(13-6-9-19-14(13)18)10-15(7-8-15)11-2-4-12(16)5-3-11/h2-5,13H,6-10H2,1H3/t13-/m0/s1. The van der Waals surface area contributed by atoms with Gasteiger partial charge in [0.05, 0.1) is 6.61 Å². The zero-order valence-electron chi connectivity index (χ0n) is 11.1. The lowest BCUT2D eigenvalue weighted by molar-refractivity contribution is -0.142. The second-order valence-electron chi connectivity index (χ2n) is 5.67. The van der Waals surface area contributed by atoms with E-state index in [2.05, 4.69) is 45.1 Å². The molecule has 1 saturated carbocycles. The second kappa shape index (κ2) is 4.91. The summed E-state index contributed by atoms with van der Waals surface area (Å²) in [5, 5.41) is 0. The Kier molecular flexibility index (Phi) is 3.39. The van der Waals surface area contributed by atoms with Crippen LogP contribution in [0.25, 0.3) is 0 Å². The van der Waals surface area contributed by atoms with Crippen LogP contribution in [0.3, 0.4) is 0 Å². The number of cyclic esters (lactones) is 1. The van der Waals surface area contributed by atoms with Gasteiger partial charge in [0.1, 0.15) is 6.04 Å². The van der Waals surface area contributed by atoms with Crippen LogP contribution in [0.5, 0.6) is 0 Å². The van der Waals surface area contributed by atoms with E-state index in [-0.39, 0.29) is 17.4 Å². The zero-order chi connectivity index (χ0) is 13.5. The maximum atomic E-state index is 11.6. The molecule has 1 aliphatic carbocycles. The van der Waals surface area contributed by atoms with Crippen molar-refractivity contribution in [3.05, 3.63) is 34.3 Å². The Balaban J connectivity index is 1.71. The van der Waals surface area contributed by atoms with Crippen molar-refractivity contribution in [2.24, 2.45) is 0 Å². The molecule has 0 unspecified atom stereocenters. The average molecular weight is 324 g/mol. The van der Waals surface area contributed by atoms with Gasteiger partial charge in [-0.05, 0) is 37.6 Å². The van der Waals surface area contributed by atoms with Crippen molar-refractivity contribution in [3.63, 3.8) is 0 Å². The van der Waals surface area contributed by atoms with Gasteiger partial charge in [0, 0.05) is 22.9 Å². The quantitative estimate of drug-likeness (QED) is 0.798. The van der Waals surface area contributed by atoms with Gasteiger partial charge < -0.3 is 4.74 Å². The number of rotatable bonds is 4. The maximum Gasteiger partial charge on any atom is 0.323 e. The van der Waals surface area contributed by atoms with Crippen molar-refractivity contribution < 1.29 is 9.53 Å². The number of ether oxygens (including phenoxy) is 1. The highest BCUT2D eigenvalue weighted by molar-refractivity contribution is 9.10. The Hall–Kier alpha value is -0.870. The van der Waals surface area contributed by atoms with Gasteiger partial charge in [-0.15, -0.1) is 0 Å². The van der Waals surface area contributed by atoms with Crippen LogP contribution in [0.15, 0.2) is 28.7 Å². The summed E-state index contributed by atoms with van der Waals surface area (Å²) >= 11 is 3.47. The van der Waals surface area contributed by atoms with Crippen molar-refractivity contribution >= 4 is 21.9 Å². The number of esters is 1. The molecule has 0 N–H and O–H groups in total. The van der Waals surface area contributed by atoms with Gasteiger partial charge in [-0.25, -0.2) is 0 Å². The van der Waals surface area contributed by atoms with Crippen LogP contribution in [0.4, 0.5) is 0 Å². The number of hydrogen-bond donors (Lipinski definition) is 0. The minimum atomic E-state index is -0.0610. The van der Waals surface area contributed by atoms with Crippen LogP contribution in [0.2, 0.25) is 0 Å². The summed E-state index contributed by atoms with van der Waals surface area (Å²) in [4.78, 5) is 13.8. The fourth-order valence-corrected chi connectivity index (χ4v) is 3.23. The number of nitrogens with zero attached hydrogens (tertiary/aromatic N) is 1. The third-order valence-electron chi connectivity index (χ3n) is 4.30. The van der Waals surface area contributed by atoms with Crippen LogP contribution in [-0.4, -0.2) is 37.1 Å². The van der Waals surface area contributed by atoms with Gasteiger partial charge >= 0.3 is 5.97 Å². The van der Waals surface area contributed by atoms with E-state index in [1.165, 1.54) is 18.4 Å². The molecule has 3 rings (SSSR count). The summed E-state index contributed by atoms with van der Waals surface area (Å²) in [6, 6.07) is 8.53. The molecule has 0 aromatic heterocycles. The summed E-state index contributed by atoms with van der Waals surface area (Å²) in [7, 11) is 2.04. The molecule has 4 heteroatoms. The van der Waals surface area contributed by atoms with E-state index in [4.69, 9.17) is 4.74 Å². The lowest BCUT2D eigenvalue weighted by Crippen LogP contribution is -2.40. The Labute approximate surface area is 122 Å². The number of carbonyl (C=O) groups is 1. The second-order valence-corrected chi connectivity index (χ2v) is 6.59. The fourth-order valence-electron chi connectivity index (χ4n) is 2.97. The molecule has 1 atom stereocenters. The molecule has 2 fully saturated rings. The molecular weight excluding hydrogens is 306 g/mol. The minimum Gasteiger partial charge on any atom is -0.464 e. The normalized spacial score (nSPS) is 24.6. The number of halogens is 1. The maximum absolute atomic E-state index is 11.6. The summed E-state index contributed by atoms with van der Waals surface area (Å²) in [5.41, 5.74) is 1.63. The van der Waals surface area contributed by atoms with Crippen molar-refractivity contribution in [2.45, 2.75) is 30.7 Å². The van der Waals surface area contributed by atoms with E-state index in [1.54, 1.807) is 0 Å². The van der Waals surface area contributed by atoms with Crippen LogP contribution in [-0.2, 0) is 14.9 Å². The predicted molar refractivity (Wildman–Crippen MR) is 77.0 cm³/mol. The molecule has 1 aromatic rings. The first-order valence-corrected chi connectivity index (χ1v) is 7.53. The Morgan fingerprint density at radius 3 is 2.58 bits per heavy atom. The third-order valence-corrected chi connectivity index (χ3v) is 4.83.